The molecule has 0 saturated carbocycles. The second kappa shape index (κ2) is 20.3. The highest BCUT2D eigenvalue weighted by atomic mass is 16.2. The van der Waals surface area contributed by atoms with Gasteiger partial charge in [0.1, 0.15) is 6.54 Å². The molecule has 9 nitrogen and oxygen atoms in total. The zero-order chi connectivity index (χ0) is 34.7. The molecule has 0 unspecified atom stereocenters. The van der Waals surface area contributed by atoms with Crippen molar-refractivity contribution in [3.8, 4) is 0 Å². The van der Waals surface area contributed by atoms with E-state index in [9.17, 15) is 19.2 Å². The van der Waals surface area contributed by atoms with Gasteiger partial charge in [0.2, 0.25) is 23.6 Å². The highest BCUT2D eigenvalue weighted by molar-refractivity contribution is 6.00. The largest absolute Gasteiger partial charge is 0.355 e. The topological polar surface area (TPSA) is 120 Å². The molecule has 0 aliphatic carbocycles. The molecule has 4 N–H and O–H groups in total. The fraction of sp³-hybridized carbons (Fsp3) is 0.300. The highest BCUT2D eigenvalue weighted by Gasteiger charge is 2.24. The number of rotatable bonds is 19. The molecule has 0 aromatic heterocycles. The van der Waals surface area contributed by atoms with E-state index in [1.807, 2.05) is 72.8 Å². The molecular weight excluding hydrogens is 614 g/mol. The number of benzene rings is 4. The van der Waals surface area contributed by atoms with Gasteiger partial charge in [0.05, 0.1) is 13.1 Å². The Morgan fingerprint density at radius 2 is 0.857 bits per heavy atom. The van der Waals surface area contributed by atoms with Gasteiger partial charge < -0.3 is 21.3 Å². The molecular formula is C40H47N5O4. The van der Waals surface area contributed by atoms with Gasteiger partial charge in [-0.2, -0.15) is 0 Å². The number of nitrogens with one attached hydrogen (secondary N) is 4. The van der Waals surface area contributed by atoms with Crippen LogP contribution in [-0.4, -0.2) is 74.3 Å². The van der Waals surface area contributed by atoms with Crippen LogP contribution >= 0.6 is 0 Å². The van der Waals surface area contributed by atoms with Crippen molar-refractivity contribution in [2.75, 3.05) is 45.8 Å². The van der Waals surface area contributed by atoms with E-state index < -0.39 is 24.3 Å². The summed E-state index contributed by atoms with van der Waals surface area (Å²) in [7, 11) is 0. The minimum Gasteiger partial charge on any atom is -0.355 e. The Morgan fingerprint density at radius 3 is 1.20 bits per heavy atom. The number of carbonyl (C=O) groups is 4. The van der Waals surface area contributed by atoms with Crippen LogP contribution in [0.1, 0.15) is 53.9 Å². The van der Waals surface area contributed by atoms with Gasteiger partial charge in [-0.25, -0.2) is 0 Å². The van der Waals surface area contributed by atoms with Crippen LogP contribution in [-0.2, 0) is 19.2 Å². The first-order valence-corrected chi connectivity index (χ1v) is 16.9. The summed E-state index contributed by atoms with van der Waals surface area (Å²) < 4.78 is 0. The summed E-state index contributed by atoms with van der Waals surface area (Å²) in [5.74, 6) is -1.37. The molecule has 0 heterocycles. The Bertz CT molecular complexity index is 1400. The summed E-state index contributed by atoms with van der Waals surface area (Å²) in [6.07, 6.45) is 1.48. The monoisotopic (exact) mass is 661 g/mol. The standard InChI is InChI=1S/C40H47N5O4/c1-31(46)43-26-27-44-38(47)30-45(39(48)28-41-24-22-36(32-14-6-2-7-15-32)33-16-8-3-9-17-33)40(49)29-42-25-23-37(34-18-10-4-11-19-34)35-20-12-5-13-21-35/h2-21,36-37,41-42H,22-30H2,1H3,(H,43,46)(H,44,47). The van der Waals surface area contributed by atoms with E-state index in [1.54, 1.807) is 0 Å². The maximum absolute atomic E-state index is 13.4. The highest BCUT2D eigenvalue weighted by Crippen LogP contribution is 2.28. The van der Waals surface area contributed by atoms with Crippen molar-refractivity contribution in [2.45, 2.75) is 31.6 Å². The number of hydrogen-bond donors (Lipinski definition) is 4. The molecule has 49 heavy (non-hydrogen) atoms. The normalized spacial score (nSPS) is 10.9. The quantitative estimate of drug-likeness (QED) is 0.112. The van der Waals surface area contributed by atoms with E-state index in [2.05, 4.69) is 69.8 Å². The lowest BCUT2D eigenvalue weighted by Crippen LogP contribution is -2.50. The second-order valence-corrected chi connectivity index (χ2v) is 11.9. The zero-order valence-electron chi connectivity index (χ0n) is 28.1. The maximum atomic E-state index is 13.4. The average Bonchev–Trinajstić information content (AvgIpc) is 3.13. The average molecular weight is 662 g/mol. The Balaban J connectivity index is 1.34. The number of imide groups is 1. The van der Waals surface area contributed by atoms with Crippen molar-refractivity contribution in [1.82, 2.24) is 26.2 Å². The lowest BCUT2D eigenvalue weighted by molar-refractivity contribution is -0.147. The first-order valence-electron chi connectivity index (χ1n) is 16.9. The molecule has 4 aromatic rings. The lowest BCUT2D eigenvalue weighted by atomic mass is 9.88. The number of nitrogens with zero attached hydrogens (tertiary/aromatic N) is 1. The van der Waals surface area contributed by atoms with E-state index in [1.165, 1.54) is 29.2 Å². The molecule has 256 valence electrons. The molecule has 0 fully saturated rings. The third kappa shape index (κ3) is 12.4. The van der Waals surface area contributed by atoms with Crippen molar-refractivity contribution in [3.05, 3.63) is 144 Å². The van der Waals surface area contributed by atoms with Crippen LogP contribution < -0.4 is 21.3 Å². The van der Waals surface area contributed by atoms with Gasteiger partial charge in [0.15, 0.2) is 0 Å². The maximum Gasteiger partial charge on any atom is 0.243 e. The van der Waals surface area contributed by atoms with Crippen molar-refractivity contribution in [3.63, 3.8) is 0 Å². The van der Waals surface area contributed by atoms with Gasteiger partial charge in [-0.05, 0) is 48.2 Å². The lowest BCUT2D eigenvalue weighted by Gasteiger charge is -2.23. The molecule has 0 spiro atoms. The van der Waals surface area contributed by atoms with Gasteiger partial charge in [-0.3, -0.25) is 24.1 Å². The van der Waals surface area contributed by atoms with Crippen LogP contribution in [0.5, 0.6) is 0 Å². The first-order chi connectivity index (χ1) is 23.9. The van der Waals surface area contributed by atoms with Crippen LogP contribution in [0, 0.1) is 0 Å². The predicted octanol–water partition coefficient (Wildman–Crippen LogP) is 4.22. The third-order valence-corrected chi connectivity index (χ3v) is 8.30. The van der Waals surface area contributed by atoms with E-state index >= 15 is 0 Å². The van der Waals surface area contributed by atoms with E-state index in [4.69, 9.17) is 0 Å². The van der Waals surface area contributed by atoms with Crippen LogP contribution in [0.4, 0.5) is 0 Å². The SMILES string of the molecule is CC(=O)NCCNC(=O)CN(C(=O)CNCCC(c1ccccc1)c1ccccc1)C(=O)CNCCC(c1ccccc1)c1ccccc1. The van der Waals surface area contributed by atoms with Crippen LogP contribution in [0.3, 0.4) is 0 Å². The van der Waals surface area contributed by atoms with Crippen molar-refractivity contribution < 1.29 is 19.2 Å². The van der Waals surface area contributed by atoms with E-state index in [0.29, 0.717) is 13.1 Å². The van der Waals surface area contributed by atoms with Crippen molar-refractivity contribution >= 4 is 23.6 Å². The van der Waals surface area contributed by atoms with E-state index in [-0.39, 0.29) is 43.9 Å². The van der Waals surface area contributed by atoms with Gasteiger partial charge in [-0.15, -0.1) is 0 Å². The minimum atomic E-state index is -0.480. The van der Waals surface area contributed by atoms with E-state index in [0.717, 1.165) is 17.7 Å². The fourth-order valence-electron chi connectivity index (χ4n) is 5.82. The van der Waals surface area contributed by atoms with Crippen LogP contribution in [0.2, 0.25) is 0 Å². The molecule has 0 bridgehead atoms. The van der Waals surface area contributed by atoms with Gasteiger partial charge in [-0.1, -0.05) is 121 Å². The predicted molar refractivity (Wildman–Crippen MR) is 193 cm³/mol. The van der Waals surface area contributed by atoms with Gasteiger partial charge in [0, 0.05) is 31.8 Å². The Kier molecular flexibility index (Phi) is 15.2. The third-order valence-electron chi connectivity index (χ3n) is 8.30. The number of amides is 4. The summed E-state index contributed by atoms with van der Waals surface area (Å²) in [5.41, 5.74) is 4.73. The fourth-order valence-corrected chi connectivity index (χ4v) is 5.82. The Morgan fingerprint density at radius 1 is 0.510 bits per heavy atom. The molecule has 4 rings (SSSR count). The molecule has 4 amide bonds. The summed E-state index contributed by atoms with van der Waals surface area (Å²) >= 11 is 0. The van der Waals surface area contributed by atoms with Crippen LogP contribution in [0.15, 0.2) is 121 Å². The smallest absolute Gasteiger partial charge is 0.243 e. The molecule has 9 heteroatoms. The summed E-state index contributed by atoms with van der Waals surface area (Å²) in [6, 6.07) is 40.9. The minimum absolute atomic E-state index is 0.0920. The molecule has 0 atom stereocenters. The Labute approximate surface area is 289 Å². The van der Waals surface area contributed by atoms with Crippen molar-refractivity contribution in [2.24, 2.45) is 0 Å². The zero-order valence-corrected chi connectivity index (χ0v) is 28.1. The molecule has 0 aliphatic rings. The molecule has 0 saturated heterocycles. The first kappa shape index (κ1) is 36.7. The molecule has 4 aromatic carbocycles. The summed E-state index contributed by atoms with van der Waals surface area (Å²) in [6.45, 7) is 2.30. The Hall–Kier alpha value is -5.12. The van der Waals surface area contributed by atoms with Crippen molar-refractivity contribution in [1.29, 1.82) is 0 Å². The van der Waals surface area contributed by atoms with Gasteiger partial charge in [0.25, 0.3) is 0 Å². The van der Waals surface area contributed by atoms with Gasteiger partial charge >= 0.3 is 0 Å². The number of carbonyl (C=O) groups excluding carboxylic acids is 4. The van der Waals surface area contributed by atoms with Crippen LogP contribution in [0.25, 0.3) is 0 Å². The molecule has 0 aliphatic heterocycles. The number of hydrogen-bond acceptors (Lipinski definition) is 6. The summed E-state index contributed by atoms with van der Waals surface area (Å²) in [4.78, 5) is 51.8. The summed E-state index contributed by atoms with van der Waals surface area (Å²) in [5, 5.41) is 11.7. The molecule has 0 radical (unpaired) electrons. The second-order valence-electron chi connectivity index (χ2n) is 11.9.